The van der Waals surface area contributed by atoms with Crippen molar-refractivity contribution in [3.63, 3.8) is 0 Å². The number of nitrogens with zero attached hydrogens (tertiary/aromatic N) is 2. The van der Waals surface area contributed by atoms with Crippen LogP contribution in [0.5, 0.6) is 0 Å². The lowest BCUT2D eigenvalue weighted by Gasteiger charge is -2.44. The minimum Gasteiger partial charge on any atom is -0.462 e. The van der Waals surface area contributed by atoms with Crippen molar-refractivity contribution in [2.45, 2.75) is 201 Å². The van der Waals surface area contributed by atoms with E-state index in [2.05, 4.69) is 149 Å². The number of hydrogen-bond donors (Lipinski definition) is 0. The number of allylic oxidation sites excluding steroid dienone is 11. The number of carbonyl (C=O) groups excluding carboxylic acids is 3. The number of ether oxygens (including phenoxy) is 3. The predicted octanol–water partition coefficient (Wildman–Crippen LogP) is 15.8. The van der Waals surface area contributed by atoms with Gasteiger partial charge in [0.25, 0.3) is 0 Å². The normalized spacial score (nSPS) is 27.1. The summed E-state index contributed by atoms with van der Waals surface area (Å²) < 4.78 is 20.8. The van der Waals surface area contributed by atoms with Gasteiger partial charge in [-0.05, 0) is 144 Å². The van der Waals surface area contributed by atoms with E-state index in [-0.39, 0.29) is 65.1 Å². The zero-order chi connectivity index (χ0) is 53.7. The van der Waals surface area contributed by atoms with Gasteiger partial charge in [-0.1, -0.05) is 133 Å². The Balaban J connectivity index is 0.866. The molecule has 8 nitrogen and oxygen atoms in total. The summed E-state index contributed by atoms with van der Waals surface area (Å²) in [6.07, 6.45) is 28.0. The first kappa shape index (κ1) is 56.3. The number of esters is 3. The van der Waals surface area contributed by atoms with Crippen LogP contribution in [0.4, 0.5) is 11.4 Å². The van der Waals surface area contributed by atoms with Crippen LogP contribution in [0.1, 0.15) is 183 Å². The predicted molar refractivity (Wildman–Crippen MR) is 305 cm³/mol. The van der Waals surface area contributed by atoms with E-state index < -0.39 is 11.5 Å². The third kappa shape index (κ3) is 12.6. The first-order valence-corrected chi connectivity index (χ1v) is 29.3. The summed E-state index contributed by atoms with van der Waals surface area (Å²) in [4.78, 5) is 42.1. The maximum absolute atomic E-state index is 13.3. The molecular weight excluding hydrogens is 952 g/mol. The number of hydrogen-bond acceptors (Lipinski definition) is 7. The van der Waals surface area contributed by atoms with Crippen molar-refractivity contribution in [2.24, 2.45) is 29.1 Å². The second-order valence-electron chi connectivity index (χ2n) is 24.5. The van der Waals surface area contributed by atoms with Gasteiger partial charge in [-0.15, -0.1) is 0 Å². The largest absolute Gasteiger partial charge is 0.462 e. The van der Waals surface area contributed by atoms with Gasteiger partial charge in [0.05, 0.1) is 17.3 Å². The van der Waals surface area contributed by atoms with Gasteiger partial charge in [-0.3, -0.25) is 14.4 Å². The highest BCUT2D eigenvalue weighted by Gasteiger charge is 2.46. The number of fused-ring (bicyclic) bond motifs is 3. The lowest BCUT2D eigenvalue weighted by atomic mass is 9.65. The summed E-state index contributed by atoms with van der Waals surface area (Å²) in [7, 11) is 0. The van der Waals surface area contributed by atoms with Crippen molar-refractivity contribution in [1.29, 1.82) is 0 Å². The summed E-state index contributed by atoms with van der Waals surface area (Å²) in [5, 5.41) is 0.871. The highest BCUT2D eigenvalue weighted by molar-refractivity contribution is 6.32. The molecule has 0 bridgehead atoms. The minimum atomic E-state index is -0.539. The molecule has 0 aromatic heterocycles. The lowest BCUT2D eigenvalue weighted by Crippen LogP contribution is -2.43. The zero-order valence-electron chi connectivity index (χ0n) is 47.2. The maximum Gasteiger partial charge on any atom is 0.311 e. The fourth-order valence-electron chi connectivity index (χ4n) is 13.0. The van der Waals surface area contributed by atoms with Crippen LogP contribution < -0.4 is 4.90 Å². The van der Waals surface area contributed by atoms with Crippen LogP contribution in [0.25, 0.3) is 0 Å². The Morgan fingerprint density at radius 1 is 0.880 bits per heavy atom. The molecule has 8 rings (SSSR count). The second kappa shape index (κ2) is 24.2. The van der Waals surface area contributed by atoms with Crippen LogP contribution in [0.2, 0.25) is 0 Å². The summed E-state index contributed by atoms with van der Waals surface area (Å²) in [6.45, 7) is 23.8. The first-order valence-electron chi connectivity index (χ1n) is 28.9. The molecule has 6 aliphatic rings. The molecule has 9 heteroatoms. The van der Waals surface area contributed by atoms with Crippen molar-refractivity contribution in [3.8, 4) is 0 Å². The Morgan fingerprint density at radius 2 is 1.64 bits per heavy atom. The highest BCUT2D eigenvalue weighted by atomic mass is 35.5. The average Bonchev–Trinajstić information content (AvgIpc) is 3.74. The van der Waals surface area contributed by atoms with Crippen molar-refractivity contribution in [3.05, 3.63) is 130 Å². The second-order valence-corrected chi connectivity index (χ2v) is 24.8. The van der Waals surface area contributed by atoms with Gasteiger partial charge in [0, 0.05) is 71.3 Å². The van der Waals surface area contributed by atoms with Crippen LogP contribution in [-0.4, -0.2) is 59.6 Å². The van der Waals surface area contributed by atoms with Gasteiger partial charge in [-0.25, -0.2) is 0 Å². The van der Waals surface area contributed by atoms with E-state index in [1.54, 1.807) is 0 Å². The summed E-state index contributed by atoms with van der Waals surface area (Å²) >= 11 is 7.36. The van der Waals surface area contributed by atoms with E-state index in [0.29, 0.717) is 38.0 Å². The molecule has 3 aliphatic carbocycles. The van der Waals surface area contributed by atoms with Gasteiger partial charge in [0.15, 0.2) is 5.71 Å². The molecule has 0 radical (unpaired) electrons. The van der Waals surface area contributed by atoms with Gasteiger partial charge in [0.2, 0.25) is 5.69 Å². The van der Waals surface area contributed by atoms with Crippen LogP contribution >= 0.6 is 11.6 Å². The molecule has 1 saturated heterocycles. The highest BCUT2D eigenvalue weighted by Crippen LogP contribution is 2.49. The zero-order valence-corrected chi connectivity index (χ0v) is 47.9. The SMILES string of the molecule is CCCCC[N+]1=C(/C=C/C2=C(Cl)C(=C/C=C3/N(CCCCCC(=O)O[C@H]4CC(=O)O[C@H](CC[C@@H]5[C@@H]6C(=C[C@H](C)C[C@@H]6OC(=O)C(C)(C)CC)C=C[C@@H]5C)C4)c4ccccc4C3(C)C)/CCC2)C(C)(C)c2ccccc21. The van der Waals surface area contributed by atoms with Gasteiger partial charge in [-0.2, -0.15) is 4.58 Å². The van der Waals surface area contributed by atoms with Gasteiger partial charge >= 0.3 is 17.9 Å². The number of anilines is 1. The van der Waals surface area contributed by atoms with Crippen molar-refractivity contribution in [1.82, 2.24) is 0 Å². The maximum atomic E-state index is 13.3. The minimum absolute atomic E-state index is 0.0863. The third-order valence-corrected chi connectivity index (χ3v) is 18.3. The molecule has 3 heterocycles. The number of para-hydroxylation sites is 2. The molecule has 2 aromatic carbocycles. The number of unbranched alkanes of at least 4 members (excludes halogenated alkanes) is 4. The van der Waals surface area contributed by atoms with Gasteiger partial charge < -0.3 is 19.1 Å². The topological polar surface area (TPSA) is 85.2 Å². The van der Waals surface area contributed by atoms with E-state index in [0.717, 1.165) is 63.1 Å². The summed E-state index contributed by atoms with van der Waals surface area (Å²) in [5.74, 6) is 0.219. The molecule has 3 aliphatic heterocycles. The Hall–Kier alpha value is -4.95. The average molecular weight is 1040 g/mol. The molecule has 0 spiro atoms. The Bertz CT molecular complexity index is 2660. The molecule has 0 unspecified atom stereocenters. The quantitative estimate of drug-likeness (QED) is 0.0565. The van der Waals surface area contributed by atoms with Crippen LogP contribution in [0.15, 0.2) is 119 Å². The monoisotopic (exact) mass is 1040 g/mol. The molecule has 0 saturated carbocycles. The van der Waals surface area contributed by atoms with Gasteiger partial charge in [0.1, 0.15) is 24.9 Å². The van der Waals surface area contributed by atoms with Crippen LogP contribution in [0, 0.1) is 29.1 Å². The Kier molecular flexibility index (Phi) is 18.1. The van der Waals surface area contributed by atoms with Crippen LogP contribution in [0.3, 0.4) is 0 Å². The summed E-state index contributed by atoms with van der Waals surface area (Å²) in [5.41, 5.74) is 10.6. The number of carbonyl (C=O) groups is 3. The Labute approximate surface area is 455 Å². The number of cyclic esters (lactones) is 1. The van der Waals surface area contributed by atoms with Crippen molar-refractivity contribution < 1.29 is 33.2 Å². The van der Waals surface area contributed by atoms with Crippen LogP contribution in [-0.2, 0) is 39.4 Å². The molecule has 0 N–H and O–H groups in total. The molecule has 0 amide bonds. The molecule has 75 heavy (non-hydrogen) atoms. The van der Waals surface area contributed by atoms with E-state index in [4.69, 9.17) is 25.8 Å². The first-order chi connectivity index (χ1) is 35.8. The van der Waals surface area contributed by atoms with E-state index in [1.807, 2.05) is 20.8 Å². The fraction of sp³-hybridized carbons (Fsp3) is 0.576. The number of halogens is 1. The fourth-order valence-corrected chi connectivity index (χ4v) is 13.3. The lowest BCUT2D eigenvalue weighted by molar-refractivity contribution is -0.438. The van der Waals surface area contributed by atoms with Crippen molar-refractivity contribution >= 4 is 46.6 Å². The molecule has 2 aromatic rings. The standard InChI is InChI=1S/C66H88ClN2O6/c1-11-13-20-38-68-54-27-18-16-25-52(54)65(7,8)57(68)36-32-46-23-22-24-47(62(46)67)33-37-58-66(9,10)53-26-17-19-28-55(53)69(58)39-21-14-15-29-59(70)74-50-42-49(73-60(71)43-50)34-35-51-45(4)30-31-48-40-44(3)41-56(61(48)51)75-63(72)64(5,6)12-2/h16-19,25-28,30-33,36-37,40,44-45,49-51,56,61H,11-15,20-24,29,34-35,38-39,41-43H2,1-10H3/q+1/t44-,45-,49+,50+,51-,56-,61-/m0/s1. The van der Waals surface area contributed by atoms with E-state index in [9.17, 15) is 14.4 Å². The molecule has 404 valence electrons. The molecule has 7 atom stereocenters. The number of benzene rings is 2. The number of rotatable bonds is 20. The van der Waals surface area contributed by atoms with E-state index >= 15 is 0 Å². The van der Waals surface area contributed by atoms with E-state index in [1.165, 1.54) is 69.9 Å². The molecular formula is C66H88ClN2O6+. The third-order valence-electron chi connectivity index (χ3n) is 17.8. The molecule has 1 fully saturated rings. The smallest absolute Gasteiger partial charge is 0.311 e. The summed E-state index contributed by atoms with van der Waals surface area (Å²) in [6, 6.07) is 17.6. The van der Waals surface area contributed by atoms with Crippen molar-refractivity contribution in [2.75, 3.05) is 18.0 Å². The Morgan fingerprint density at radius 3 is 2.41 bits per heavy atom.